The lowest BCUT2D eigenvalue weighted by molar-refractivity contribution is -0.359. The molecule has 0 aromatic carbocycles. The zero-order valence-electron chi connectivity index (χ0n) is 53.4. The molecule has 14 nitrogen and oxygen atoms in total. The quantitative estimate of drug-likeness (QED) is 0.0204. The van der Waals surface area contributed by atoms with Crippen LogP contribution >= 0.6 is 0 Å². The highest BCUT2D eigenvalue weighted by Gasteiger charge is 2.51. The lowest BCUT2D eigenvalue weighted by atomic mass is 9.97. The summed E-state index contributed by atoms with van der Waals surface area (Å²) >= 11 is 0. The normalized spacial score (nSPS) is 23.9. The maximum atomic E-state index is 13.3. The Kier molecular flexibility index (Phi) is 51.1. The van der Waals surface area contributed by atoms with Gasteiger partial charge < -0.3 is 65.1 Å². The van der Waals surface area contributed by atoms with Crippen molar-refractivity contribution in [1.82, 2.24) is 5.32 Å². The average Bonchev–Trinajstić information content (AvgIpc) is 3.18. The molecule has 9 N–H and O–H groups in total. The number of aliphatic hydroxyl groups is 8. The maximum absolute atomic E-state index is 13.3. The third kappa shape index (κ3) is 39.1. The first-order chi connectivity index (χ1) is 41.1. The first-order valence-corrected chi connectivity index (χ1v) is 34.9. The van der Waals surface area contributed by atoms with Crippen molar-refractivity contribution in [2.45, 2.75) is 370 Å². The number of hydrogen-bond acceptors (Lipinski definition) is 13. The fraction of sp³-hybridized carbons (Fsp3) is 0.871. The number of unbranched alkanes of at least 4 members (excludes halogenated alkanes) is 38. The third-order valence-electron chi connectivity index (χ3n) is 17.0. The number of hydrogen-bond donors (Lipinski definition) is 9. The molecule has 14 heteroatoms. The maximum Gasteiger partial charge on any atom is 0.220 e. The van der Waals surface area contributed by atoms with Crippen molar-refractivity contribution in [2.75, 3.05) is 19.8 Å². The van der Waals surface area contributed by atoms with E-state index in [-0.39, 0.29) is 18.9 Å². The first kappa shape index (κ1) is 78.0. The van der Waals surface area contributed by atoms with Crippen molar-refractivity contribution < 1.29 is 64.6 Å². The van der Waals surface area contributed by atoms with Gasteiger partial charge in [-0.15, -0.1) is 0 Å². The molecule has 0 radical (unpaired) electrons. The number of carbonyl (C=O) groups excluding carboxylic acids is 1. The molecule has 0 saturated carbocycles. The van der Waals surface area contributed by atoms with Gasteiger partial charge in [0.2, 0.25) is 5.91 Å². The van der Waals surface area contributed by atoms with Crippen LogP contribution in [0.3, 0.4) is 0 Å². The van der Waals surface area contributed by atoms with Gasteiger partial charge in [-0.3, -0.25) is 4.79 Å². The van der Waals surface area contributed by atoms with E-state index >= 15 is 0 Å². The second kappa shape index (κ2) is 55.1. The summed E-state index contributed by atoms with van der Waals surface area (Å²) in [5.74, 6) is -0.236. The Hall–Kier alpha value is -2.05. The molecule has 2 fully saturated rings. The lowest BCUT2D eigenvalue weighted by Gasteiger charge is -2.46. The molecule has 492 valence electrons. The van der Waals surface area contributed by atoms with E-state index in [0.29, 0.717) is 6.42 Å². The summed E-state index contributed by atoms with van der Waals surface area (Å²) in [6.45, 7) is 2.82. The zero-order valence-corrected chi connectivity index (χ0v) is 53.4. The van der Waals surface area contributed by atoms with E-state index in [4.69, 9.17) is 18.9 Å². The Labute approximate surface area is 512 Å². The topological polar surface area (TPSA) is 228 Å². The number of carbonyl (C=O) groups is 1. The predicted molar refractivity (Wildman–Crippen MR) is 341 cm³/mol. The summed E-state index contributed by atoms with van der Waals surface area (Å²) in [7, 11) is 0. The molecule has 2 saturated heterocycles. The summed E-state index contributed by atoms with van der Waals surface area (Å²) in [6, 6.07) is -0.916. The van der Waals surface area contributed by atoms with Crippen LogP contribution in [0.5, 0.6) is 0 Å². The van der Waals surface area contributed by atoms with Gasteiger partial charge in [-0.05, 0) is 57.8 Å². The van der Waals surface area contributed by atoms with Gasteiger partial charge in [0.25, 0.3) is 0 Å². The van der Waals surface area contributed by atoms with E-state index in [9.17, 15) is 45.6 Å². The van der Waals surface area contributed by atoms with E-state index in [1.807, 2.05) is 6.08 Å². The highest BCUT2D eigenvalue weighted by atomic mass is 16.7. The van der Waals surface area contributed by atoms with Crippen LogP contribution in [-0.2, 0) is 23.7 Å². The highest BCUT2D eigenvalue weighted by Crippen LogP contribution is 2.30. The highest BCUT2D eigenvalue weighted by molar-refractivity contribution is 5.76. The van der Waals surface area contributed by atoms with Crippen LogP contribution in [0.15, 0.2) is 48.6 Å². The molecule has 12 unspecified atom stereocenters. The van der Waals surface area contributed by atoms with Crippen LogP contribution in [0, 0.1) is 0 Å². The van der Waals surface area contributed by atoms with Gasteiger partial charge >= 0.3 is 0 Å². The molecule has 2 aliphatic heterocycles. The van der Waals surface area contributed by atoms with Gasteiger partial charge in [-0.2, -0.15) is 0 Å². The van der Waals surface area contributed by atoms with Crippen molar-refractivity contribution in [3.63, 3.8) is 0 Å². The average molecular weight is 1190 g/mol. The molecule has 0 aliphatic carbocycles. The molecular formula is C70H129NO13. The fourth-order valence-corrected chi connectivity index (χ4v) is 11.4. The van der Waals surface area contributed by atoms with E-state index in [1.165, 1.54) is 218 Å². The van der Waals surface area contributed by atoms with Crippen LogP contribution in [-0.4, -0.2) is 140 Å². The minimum absolute atomic E-state index is 0.236. The van der Waals surface area contributed by atoms with Gasteiger partial charge in [-0.1, -0.05) is 281 Å². The van der Waals surface area contributed by atoms with Gasteiger partial charge in [0.05, 0.1) is 32.0 Å². The molecule has 84 heavy (non-hydrogen) atoms. The summed E-state index contributed by atoms with van der Waals surface area (Å²) in [5, 5.41) is 87.4. The Bertz CT molecular complexity index is 1590. The summed E-state index contributed by atoms with van der Waals surface area (Å²) < 4.78 is 22.8. The number of amides is 1. The second-order valence-electron chi connectivity index (χ2n) is 24.7. The fourth-order valence-electron chi connectivity index (χ4n) is 11.4. The summed E-state index contributed by atoms with van der Waals surface area (Å²) in [5.41, 5.74) is 0. The van der Waals surface area contributed by atoms with Crippen LogP contribution in [0.1, 0.15) is 296 Å². The number of ether oxygens (including phenoxy) is 4. The van der Waals surface area contributed by atoms with E-state index in [1.54, 1.807) is 6.08 Å². The standard InChI is InChI=1S/C70H129NO13/c1-3-5-7-9-11-13-15-17-19-21-23-24-25-26-27-28-29-30-31-32-33-34-36-38-40-42-44-46-48-50-52-54-62(75)71-58(59(74)53-51-49-47-45-43-41-39-37-35-22-20-18-16-14-12-10-8-6-4-2)57-81-69-67(80)65(78)68(61(56-73)83-69)84-70-66(79)64(77)63(76)60(55-72)82-70/h15,17,21,23,25-26,51,53,58-61,63-70,72-74,76-80H,3-14,16,18-20,22,24,27-50,52,54-57H2,1-2H3,(H,71,75)/b17-15-,23-21-,26-25-,53-51+. The minimum Gasteiger partial charge on any atom is -0.394 e. The van der Waals surface area contributed by atoms with Crippen molar-refractivity contribution in [3.8, 4) is 0 Å². The van der Waals surface area contributed by atoms with Gasteiger partial charge in [-0.25, -0.2) is 0 Å². The van der Waals surface area contributed by atoms with E-state index in [0.717, 1.165) is 51.4 Å². The van der Waals surface area contributed by atoms with E-state index in [2.05, 4.69) is 55.6 Å². The zero-order chi connectivity index (χ0) is 60.9. The van der Waals surface area contributed by atoms with Crippen LogP contribution in [0.4, 0.5) is 0 Å². The number of aliphatic hydroxyl groups excluding tert-OH is 8. The number of nitrogens with one attached hydrogen (secondary N) is 1. The summed E-state index contributed by atoms with van der Waals surface area (Å²) in [6.07, 6.45) is 54.4. The first-order valence-electron chi connectivity index (χ1n) is 34.9. The number of rotatable bonds is 57. The lowest BCUT2D eigenvalue weighted by Crippen LogP contribution is -2.65. The minimum atomic E-state index is -1.79. The van der Waals surface area contributed by atoms with E-state index < -0.39 is 86.8 Å². The van der Waals surface area contributed by atoms with Crippen molar-refractivity contribution >= 4 is 5.91 Å². The molecular weight excluding hydrogens is 1060 g/mol. The largest absolute Gasteiger partial charge is 0.394 e. The number of allylic oxidation sites excluding steroid dienone is 7. The summed E-state index contributed by atoms with van der Waals surface area (Å²) in [4.78, 5) is 13.3. The molecule has 2 aliphatic rings. The van der Waals surface area contributed by atoms with Gasteiger partial charge in [0.1, 0.15) is 48.8 Å². The predicted octanol–water partition coefficient (Wildman–Crippen LogP) is 13.9. The van der Waals surface area contributed by atoms with Crippen LogP contribution in [0.2, 0.25) is 0 Å². The molecule has 0 spiro atoms. The Morgan fingerprint density at radius 3 is 1.20 bits per heavy atom. The Balaban J connectivity index is 1.66. The molecule has 1 amide bonds. The van der Waals surface area contributed by atoms with Crippen LogP contribution < -0.4 is 5.32 Å². The smallest absolute Gasteiger partial charge is 0.220 e. The molecule has 2 rings (SSSR count). The van der Waals surface area contributed by atoms with Crippen molar-refractivity contribution in [1.29, 1.82) is 0 Å². The molecule has 2 heterocycles. The molecule has 12 atom stereocenters. The van der Waals surface area contributed by atoms with Crippen molar-refractivity contribution in [3.05, 3.63) is 48.6 Å². The SMILES string of the molecule is CCCCCCC/C=C\C/C=C\C/C=C\CCCCCCCCCCCCCCCCCCC(=O)NC(COC1OC(CO)C(OC2OC(CO)C(O)C(O)C2O)C(O)C1O)C(O)/C=C/CCCCCCCCCCCCCCCCCCC. The monoisotopic (exact) mass is 1190 g/mol. The Morgan fingerprint density at radius 2 is 0.786 bits per heavy atom. The molecule has 0 bridgehead atoms. The van der Waals surface area contributed by atoms with Crippen molar-refractivity contribution in [2.24, 2.45) is 0 Å². The molecule has 0 aromatic rings. The Morgan fingerprint density at radius 1 is 0.429 bits per heavy atom. The molecule has 0 aromatic heterocycles. The van der Waals surface area contributed by atoms with Gasteiger partial charge in [0.15, 0.2) is 12.6 Å². The van der Waals surface area contributed by atoms with Gasteiger partial charge in [0, 0.05) is 6.42 Å². The third-order valence-corrected chi connectivity index (χ3v) is 17.0. The second-order valence-corrected chi connectivity index (χ2v) is 24.7. The van der Waals surface area contributed by atoms with Crippen LogP contribution in [0.25, 0.3) is 0 Å².